The van der Waals surface area contributed by atoms with Crippen LogP contribution < -0.4 is 5.32 Å². The first-order chi connectivity index (χ1) is 8.74. The normalized spacial score (nSPS) is 21.4. The molecule has 0 aromatic rings. The number of nitrogens with one attached hydrogen (secondary N) is 1. The summed E-state index contributed by atoms with van der Waals surface area (Å²) in [6, 6.07) is 0.610. The van der Waals surface area contributed by atoms with Crippen LogP contribution in [0.15, 0.2) is 12.7 Å². The molecule has 1 aliphatic rings. The Morgan fingerprint density at radius 1 is 1.50 bits per heavy atom. The van der Waals surface area contributed by atoms with Crippen LogP contribution >= 0.6 is 0 Å². The van der Waals surface area contributed by atoms with E-state index >= 15 is 0 Å². The Bertz CT molecular complexity index is 222. The molecule has 1 N–H and O–H groups in total. The number of hydrogen-bond donors (Lipinski definition) is 1. The predicted molar refractivity (Wildman–Crippen MR) is 75.0 cm³/mol. The second kappa shape index (κ2) is 9.50. The highest BCUT2D eigenvalue weighted by molar-refractivity contribution is 4.75. The first-order valence-electron chi connectivity index (χ1n) is 6.99. The summed E-state index contributed by atoms with van der Waals surface area (Å²) in [5.41, 5.74) is 0. The minimum absolute atomic E-state index is 0.314. The highest BCUT2D eigenvalue weighted by atomic mass is 16.5. The van der Waals surface area contributed by atoms with Gasteiger partial charge in [0.2, 0.25) is 0 Å². The molecule has 0 saturated carbocycles. The molecule has 0 aromatic heterocycles. The third-order valence-electron chi connectivity index (χ3n) is 3.16. The number of hydrogen-bond acceptors (Lipinski definition) is 4. The zero-order valence-corrected chi connectivity index (χ0v) is 11.9. The van der Waals surface area contributed by atoms with Gasteiger partial charge in [-0.1, -0.05) is 6.08 Å². The van der Waals surface area contributed by atoms with Crippen molar-refractivity contribution < 1.29 is 9.47 Å². The molecule has 1 heterocycles. The first kappa shape index (κ1) is 15.6. The Labute approximate surface area is 111 Å². The van der Waals surface area contributed by atoms with Gasteiger partial charge >= 0.3 is 0 Å². The van der Waals surface area contributed by atoms with E-state index in [1.165, 1.54) is 0 Å². The van der Waals surface area contributed by atoms with Crippen LogP contribution in [-0.4, -0.2) is 63.0 Å². The van der Waals surface area contributed by atoms with Crippen molar-refractivity contribution in [2.24, 2.45) is 0 Å². The fourth-order valence-electron chi connectivity index (χ4n) is 2.01. The average molecular weight is 256 g/mol. The van der Waals surface area contributed by atoms with Crippen LogP contribution in [0.3, 0.4) is 0 Å². The largest absolute Gasteiger partial charge is 0.380 e. The van der Waals surface area contributed by atoms with Crippen molar-refractivity contribution in [1.82, 2.24) is 10.2 Å². The maximum atomic E-state index is 5.75. The minimum atomic E-state index is 0.314. The molecule has 1 rings (SSSR count). The Morgan fingerprint density at radius 2 is 2.33 bits per heavy atom. The molecule has 0 spiro atoms. The summed E-state index contributed by atoms with van der Waals surface area (Å²) in [5.74, 6) is 0. The van der Waals surface area contributed by atoms with E-state index in [2.05, 4.69) is 30.6 Å². The van der Waals surface area contributed by atoms with Gasteiger partial charge in [-0.25, -0.2) is 0 Å². The predicted octanol–water partition coefficient (Wildman–Crippen LogP) is 1.28. The lowest BCUT2D eigenvalue weighted by Crippen LogP contribution is -2.49. The van der Waals surface area contributed by atoms with Gasteiger partial charge in [-0.3, -0.25) is 4.90 Å². The summed E-state index contributed by atoms with van der Waals surface area (Å²) < 4.78 is 11.2. The smallest absolute Gasteiger partial charge is 0.0826 e. The third-order valence-corrected chi connectivity index (χ3v) is 3.16. The molecule has 0 aliphatic carbocycles. The molecular weight excluding hydrogens is 228 g/mol. The van der Waals surface area contributed by atoms with Gasteiger partial charge in [-0.2, -0.15) is 0 Å². The second-order valence-corrected chi connectivity index (χ2v) is 4.98. The summed E-state index contributed by atoms with van der Waals surface area (Å²) in [6.45, 7) is 14.4. The Morgan fingerprint density at radius 3 is 3.06 bits per heavy atom. The second-order valence-electron chi connectivity index (χ2n) is 4.98. The molecular formula is C14H28N2O2. The van der Waals surface area contributed by atoms with E-state index in [1.54, 1.807) is 0 Å². The number of ether oxygens (including phenoxy) is 2. The maximum Gasteiger partial charge on any atom is 0.0826 e. The van der Waals surface area contributed by atoms with E-state index in [0.29, 0.717) is 12.1 Å². The van der Waals surface area contributed by atoms with Gasteiger partial charge in [-0.05, 0) is 20.3 Å². The zero-order valence-electron chi connectivity index (χ0n) is 11.9. The standard InChI is InChI=1S/C14H28N2O2/c1-4-5-8-17-9-6-15-11-14-12-16(13(2)3)7-10-18-14/h4,13-15H,1,5-12H2,2-3H3. The van der Waals surface area contributed by atoms with Crippen molar-refractivity contribution in [2.45, 2.75) is 32.4 Å². The quantitative estimate of drug-likeness (QED) is 0.498. The van der Waals surface area contributed by atoms with Crippen molar-refractivity contribution in [3.05, 3.63) is 12.7 Å². The lowest BCUT2D eigenvalue weighted by atomic mass is 10.2. The van der Waals surface area contributed by atoms with E-state index in [0.717, 1.165) is 52.4 Å². The molecule has 1 atom stereocenters. The first-order valence-corrected chi connectivity index (χ1v) is 6.99. The van der Waals surface area contributed by atoms with E-state index in [-0.39, 0.29) is 0 Å². The number of nitrogens with zero attached hydrogens (tertiary/aromatic N) is 1. The van der Waals surface area contributed by atoms with Gasteiger partial charge in [0.25, 0.3) is 0 Å². The van der Waals surface area contributed by atoms with Crippen LogP contribution in [-0.2, 0) is 9.47 Å². The lowest BCUT2D eigenvalue weighted by molar-refractivity contribution is -0.0375. The molecule has 0 aromatic carbocycles. The number of rotatable bonds is 9. The molecule has 18 heavy (non-hydrogen) atoms. The van der Waals surface area contributed by atoms with Crippen LogP contribution in [0.25, 0.3) is 0 Å². The summed E-state index contributed by atoms with van der Waals surface area (Å²) in [6.07, 6.45) is 3.12. The van der Waals surface area contributed by atoms with Gasteiger partial charge in [0.15, 0.2) is 0 Å². The molecule has 106 valence electrons. The summed E-state index contributed by atoms with van der Waals surface area (Å²) in [4.78, 5) is 2.47. The molecule has 1 fully saturated rings. The van der Waals surface area contributed by atoms with Gasteiger partial charge in [0.05, 0.1) is 25.9 Å². The molecule has 4 nitrogen and oxygen atoms in total. The van der Waals surface area contributed by atoms with Crippen molar-refractivity contribution >= 4 is 0 Å². The molecule has 0 bridgehead atoms. The molecule has 0 radical (unpaired) electrons. The van der Waals surface area contributed by atoms with Crippen LogP contribution in [0.2, 0.25) is 0 Å². The average Bonchev–Trinajstić information content (AvgIpc) is 2.38. The Balaban J connectivity index is 1.99. The monoisotopic (exact) mass is 256 g/mol. The van der Waals surface area contributed by atoms with Crippen molar-refractivity contribution in [1.29, 1.82) is 0 Å². The SMILES string of the molecule is C=CCCOCCNCC1CN(C(C)C)CCO1. The lowest BCUT2D eigenvalue weighted by Gasteiger charge is -2.35. The Kier molecular flexibility index (Phi) is 8.25. The molecule has 0 amide bonds. The minimum Gasteiger partial charge on any atom is -0.380 e. The molecule has 1 saturated heterocycles. The van der Waals surface area contributed by atoms with Crippen molar-refractivity contribution in [2.75, 3.05) is 46.0 Å². The maximum absolute atomic E-state index is 5.75. The summed E-state index contributed by atoms with van der Waals surface area (Å²) >= 11 is 0. The molecule has 1 unspecified atom stereocenters. The summed E-state index contributed by atoms with van der Waals surface area (Å²) in [7, 11) is 0. The van der Waals surface area contributed by atoms with Crippen LogP contribution in [0.5, 0.6) is 0 Å². The Hall–Kier alpha value is -0.420. The van der Waals surface area contributed by atoms with E-state index in [4.69, 9.17) is 9.47 Å². The van der Waals surface area contributed by atoms with E-state index in [9.17, 15) is 0 Å². The number of morpholine rings is 1. The van der Waals surface area contributed by atoms with E-state index in [1.807, 2.05) is 6.08 Å². The summed E-state index contributed by atoms with van der Waals surface area (Å²) in [5, 5.41) is 3.39. The molecule has 4 heteroatoms. The highest BCUT2D eigenvalue weighted by Crippen LogP contribution is 2.07. The van der Waals surface area contributed by atoms with Gasteiger partial charge < -0.3 is 14.8 Å². The fraction of sp³-hybridized carbons (Fsp3) is 0.857. The zero-order chi connectivity index (χ0) is 13.2. The van der Waals surface area contributed by atoms with Gasteiger partial charge in [0, 0.05) is 32.2 Å². The van der Waals surface area contributed by atoms with Crippen LogP contribution in [0, 0.1) is 0 Å². The van der Waals surface area contributed by atoms with E-state index < -0.39 is 0 Å². The van der Waals surface area contributed by atoms with Gasteiger partial charge in [0.1, 0.15) is 0 Å². The van der Waals surface area contributed by atoms with Crippen LogP contribution in [0.4, 0.5) is 0 Å². The molecule has 1 aliphatic heterocycles. The van der Waals surface area contributed by atoms with Crippen molar-refractivity contribution in [3.63, 3.8) is 0 Å². The topological polar surface area (TPSA) is 33.7 Å². The van der Waals surface area contributed by atoms with Crippen molar-refractivity contribution in [3.8, 4) is 0 Å². The highest BCUT2D eigenvalue weighted by Gasteiger charge is 2.21. The van der Waals surface area contributed by atoms with Gasteiger partial charge in [-0.15, -0.1) is 6.58 Å². The third kappa shape index (κ3) is 6.50. The van der Waals surface area contributed by atoms with Crippen LogP contribution in [0.1, 0.15) is 20.3 Å². The fourth-order valence-corrected chi connectivity index (χ4v) is 2.01.